The third kappa shape index (κ3) is 6.86. The highest BCUT2D eigenvalue weighted by Gasteiger charge is 2.40. The first-order valence-electron chi connectivity index (χ1n) is 12.6. The van der Waals surface area contributed by atoms with Crippen molar-refractivity contribution < 1.29 is 29.4 Å². The lowest BCUT2D eigenvalue weighted by Gasteiger charge is -2.31. The molecule has 5 atom stereocenters. The third-order valence-corrected chi connectivity index (χ3v) is 6.66. The number of benzene rings is 1. The van der Waals surface area contributed by atoms with Crippen LogP contribution in [0.4, 0.5) is 0 Å². The number of rotatable bonds is 11. The molecule has 1 aliphatic rings. The predicted octanol–water partition coefficient (Wildman–Crippen LogP) is 0.510. The minimum absolute atomic E-state index is 0.0614. The summed E-state index contributed by atoms with van der Waals surface area (Å²) in [5, 5.41) is 26.0. The number of likely N-dealkylation sites (tertiary alicyclic amines) is 1. The summed E-state index contributed by atoms with van der Waals surface area (Å²) >= 11 is 0. The molecule has 0 radical (unpaired) electrons. The summed E-state index contributed by atoms with van der Waals surface area (Å²) < 4.78 is 0. The van der Waals surface area contributed by atoms with Gasteiger partial charge in [0.05, 0.1) is 12.1 Å². The molecule has 2 aromatic rings. The van der Waals surface area contributed by atoms with Crippen LogP contribution < -0.4 is 16.4 Å². The second-order valence-electron chi connectivity index (χ2n) is 10.1. The molecular weight excluding hydrogens is 478 g/mol. The van der Waals surface area contributed by atoms with Crippen molar-refractivity contribution in [2.75, 3.05) is 6.54 Å². The number of carboxylic acids is 1. The number of hydrogen-bond donors (Lipinski definition) is 6. The maximum Gasteiger partial charge on any atom is 0.326 e. The summed E-state index contributed by atoms with van der Waals surface area (Å²) in [4.78, 5) is 55.4. The molecule has 1 saturated heterocycles. The molecule has 3 rings (SSSR count). The zero-order chi connectivity index (χ0) is 27.3. The number of carboxylic acid groups (broad SMARTS) is 1. The molecule has 1 aromatic carbocycles. The van der Waals surface area contributed by atoms with E-state index >= 15 is 0 Å². The van der Waals surface area contributed by atoms with E-state index in [0.717, 1.165) is 16.5 Å². The number of carbonyl (C=O) groups is 4. The Hall–Kier alpha value is -3.44. The number of aliphatic hydroxyl groups excluding tert-OH is 1. The summed E-state index contributed by atoms with van der Waals surface area (Å²) in [6.45, 7) is 5.46. The van der Waals surface area contributed by atoms with E-state index in [4.69, 9.17) is 5.73 Å². The van der Waals surface area contributed by atoms with Gasteiger partial charge in [0.15, 0.2) is 0 Å². The molecule has 0 aliphatic carbocycles. The van der Waals surface area contributed by atoms with Crippen LogP contribution in [0.15, 0.2) is 30.5 Å². The second-order valence-corrected chi connectivity index (χ2v) is 10.1. The van der Waals surface area contributed by atoms with Gasteiger partial charge in [-0.1, -0.05) is 32.0 Å². The fourth-order valence-corrected chi connectivity index (χ4v) is 4.73. The van der Waals surface area contributed by atoms with E-state index < -0.39 is 54.0 Å². The number of nitrogens with two attached hydrogens (primary N) is 1. The number of nitrogens with one attached hydrogen (secondary N) is 3. The van der Waals surface area contributed by atoms with Crippen molar-refractivity contribution in [1.29, 1.82) is 0 Å². The van der Waals surface area contributed by atoms with Crippen molar-refractivity contribution in [3.63, 3.8) is 0 Å². The summed E-state index contributed by atoms with van der Waals surface area (Å²) in [6.07, 6.45) is 1.83. The largest absolute Gasteiger partial charge is 0.480 e. The molecule has 1 aromatic heterocycles. The lowest BCUT2D eigenvalue weighted by molar-refractivity contribution is -0.146. The molecule has 5 unspecified atom stereocenters. The molecule has 0 spiro atoms. The molecular formula is C26H37N5O6. The molecule has 11 heteroatoms. The van der Waals surface area contributed by atoms with Gasteiger partial charge in [0.2, 0.25) is 17.7 Å². The minimum Gasteiger partial charge on any atom is -0.480 e. The Morgan fingerprint density at radius 1 is 1.16 bits per heavy atom. The number of fused-ring (bicyclic) bond motifs is 1. The first kappa shape index (κ1) is 28.1. The Kier molecular flexibility index (Phi) is 9.28. The maximum atomic E-state index is 13.3. The summed E-state index contributed by atoms with van der Waals surface area (Å²) in [6, 6.07) is 3.23. The smallest absolute Gasteiger partial charge is 0.326 e. The predicted molar refractivity (Wildman–Crippen MR) is 137 cm³/mol. The van der Waals surface area contributed by atoms with Crippen LogP contribution in [0.5, 0.6) is 0 Å². The Balaban J connectivity index is 1.70. The molecule has 3 amide bonds. The molecule has 1 fully saturated rings. The van der Waals surface area contributed by atoms with Gasteiger partial charge >= 0.3 is 5.97 Å². The minimum atomic E-state index is -1.28. The normalized spacial score (nSPS) is 18.9. The van der Waals surface area contributed by atoms with Crippen molar-refractivity contribution in [2.24, 2.45) is 11.7 Å². The van der Waals surface area contributed by atoms with E-state index in [2.05, 4.69) is 15.6 Å². The van der Waals surface area contributed by atoms with Crippen LogP contribution in [0.1, 0.15) is 45.6 Å². The van der Waals surface area contributed by atoms with E-state index in [9.17, 15) is 29.4 Å². The highest BCUT2D eigenvalue weighted by atomic mass is 16.4. The Morgan fingerprint density at radius 2 is 1.86 bits per heavy atom. The number of aromatic nitrogens is 1. The van der Waals surface area contributed by atoms with E-state index in [1.54, 1.807) is 6.20 Å². The van der Waals surface area contributed by atoms with Crippen LogP contribution in [0.2, 0.25) is 0 Å². The monoisotopic (exact) mass is 515 g/mol. The number of carbonyl (C=O) groups excluding carboxylic acids is 3. The molecule has 11 nitrogen and oxygen atoms in total. The van der Waals surface area contributed by atoms with Crippen molar-refractivity contribution in [1.82, 2.24) is 20.5 Å². The van der Waals surface area contributed by atoms with Crippen molar-refractivity contribution in [2.45, 2.75) is 76.7 Å². The van der Waals surface area contributed by atoms with Gasteiger partial charge in [-0.3, -0.25) is 14.4 Å². The Bertz CT molecular complexity index is 1130. The number of H-pyrrole nitrogens is 1. The van der Waals surface area contributed by atoms with Crippen molar-refractivity contribution in [3.8, 4) is 0 Å². The third-order valence-electron chi connectivity index (χ3n) is 6.66. The standard InChI is InChI=1S/C26H37N5O6/c1-14(2)11-18(27)23(33)30-22(15(3)32)25(35)31-10-6-9-21(31)24(34)29-20(26(36)37)12-16-13-28-19-8-5-4-7-17(16)19/h4-5,7-8,13-15,18,20-22,28,32H,6,9-12,27H2,1-3H3,(H,29,34)(H,30,33)(H,36,37). The van der Waals surface area contributed by atoms with Gasteiger partial charge in [-0.2, -0.15) is 0 Å². The van der Waals surface area contributed by atoms with Crippen LogP contribution in [-0.4, -0.2) is 80.6 Å². The Morgan fingerprint density at radius 3 is 2.51 bits per heavy atom. The lowest BCUT2D eigenvalue weighted by atomic mass is 10.0. The van der Waals surface area contributed by atoms with Crippen molar-refractivity contribution in [3.05, 3.63) is 36.0 Å². The average molecular weight is 516 g/mol. The second kappa shape index (κ2) is 12.2. The summed E-state index contributed by atoms with van der Waals surface area (Å²) in [7, 11) is 0. The Labute approximate surface area is 215 Å². The first-order valence-corrected chi connectivity index (χ1v) is 12.6. The van der Waals surface area contributed by atoms with Gasteiger partial charge in [-0.25, -0.2) is 4.79 Å². The molecule has 37 heavy (non-hydrogen) atoms. The lowest BCUT2D eigenvalue weighted by Crippen LogP contribution is -2.59. The van der Waals surface area contributed by atoms with E-state index in [0.29, 0.717) is 19.3 Å². The van der Waals surface area contributed by atoms with Crippen LogP contribution >= 0.6 is 0 Å². The van der Waals surface area contributed by atoms with E-state index in [-0.39, 0.29) is 18.9 Å². The molecule has 7 N–H and O–H groups in total. The van der Waals surface area contributed by atoms with Crippen LogP contribution in [-0.2, 0) is 25.6 Å². The quantitative estimate of drug-likeness (QED) is 0.252. The van der Waals surface area contributed by atoms with Gasteiger partial charge in [-0.05, 0) is 43.7 Å². The van der Waals surface area contributed by atoms with Gasteiger partial charge in [-0.15, -0.1) is 0 Å². The summed E-state index contributed by atoms with van der Waals surface area (Å²) in [5.41, 5.74) is 7.54. The van der Waals surface area contributed by atoms with Crippen LogP contribution in [0.3, 0.4) is 0 Å². The number of aliphatic hydroxyl groups is 1. The van der Waals surface area contributed by atoms with E-state index in [1.807, 2.05) is 38.1 Å². The number of nitrogens with zero attached hydrogens (tertiary/aromatic N) is 1. The summed E-state index contributed by atoms with van der Waals surface area (Å²) in [5.74, 6) is -2.79. The highest BCUT2D eigenvalue weighted by molar-refractivity contribution is 5.95. The zero-order valence-electron chi connectivity index (χ0n) is 21.4. The SMILES string of the molecule is CC(C)CC(N)C(=O)NC(C(=O)N1CCCC1C(=O)NC(Cc1c[nH]c2ccccc12)C(=O)O)C(C)O. The molecule has 2 heterocycles. The fourth-order valence-electron chi connectivity index (χ4n) is 4.73. The highest BCUT2D eigenvalue weighted by Crippen LogP contribution is 2.22. The number of amides is 3. The first-order chi connectivity index (χ1) is 17.5. The molecule has 0 bridgehead atoms. The molecule has 0 saturated carbocycles. The van der Waals surface area contributed by atoms with Gasteiger partial charge in [0, 0.05) is 30.1 Å². The number of aliphatic carboxylic acids is 1. The van der Waals surface area contributed by atoms with E-state index in [1.165, 1.54) is 11.8 Å². The number of para-hydroxylation sites is 1. The maximum absolute atomic E-state index is 13.3. The fraction of sp³-hybridized carbons (Fsp3) is 0.538. The average Bonchev–Trinajstić information content (AvgIpc) is 3.48. The van der Waals surface area contributed by atoms with Crippen molar-refractivity contribution >= 4 is 34.6 Å². The van der Waals surface area contributed by atoms with Crippen LogP contribution in [0.25, 0.3) is 10.9 Å². The van der Waals surface area contributed by atoms with Gasteiger partial charge in [0.25, 0.3) is 0 Å². The molecule has 202 valence electrons. The number of hydrogen-bond acceptors (Lipinski definition) is 6. The molecule has 1 aliphatic heterocycles. The zero-order valence-corrected chi connectivity index (χ0v) is 21.4. The van der Waals surface area contributed by atoms with Gasteiger partial charge in [0.1, 0.15) is 18.1 Å². The number of aromatic amines is 1. The topological polar surface area (TPSA) is 178 Å². The van der Waals surface area contributed by atoms with Crippen LogP contribution in [0, 0.1) is 5.92 Å². The van der Waals surface area contributed by atoms with Gasteiger partial charge < -0.3 is 36.5 Å².